The molecule has 3 heteroatoms. The summed E-state index contributed by atoms with van der Waals surface area (Å²) >= 11 is 0. The van der Waals surface area contributed by atoms with Crippen molar-refractivity contribution in [1.29, 1.82) is 0 Å². The molecule has 5 saturated carbocycles. The number of rotatable bonds is 4. The van der Waals surface area contributed by atoms with E-state index in [0.717, 1.165) is 23.7 Å². The molecule has 2 spiro atoms. The van der Waals surface area contributed by atoms with Crippen LogP contribution in [0.5, 0.6) is 0 Å². The maximum Gasteiger partial charge on any atom is 0.145 e. The predicted octanol–water partition coefficient (Wildman–Crippen LogP) is 6.72. The summed E-state index contributed by atoms with van der Waals surface area (Å²) in [5.41, 5.74) is 0.202. The van der Waals surface area contributed by atoms with Gasteiger partial charge in [0.15, 0.2) is 0 Å². The van der Waals surface area contributed by atoms with E-state index in [2.05, 4.69) is 0 Å². The normalized spacial score (nSPS) is 48.6. The first-order chi connectivity index (χ1) is 15.1. The summed E-state index contributed by atoms with van der Waals surface area (Å²) in [5.74, 6) is 4.27. The van der Waals surface area contributed by atoms with Crippen molar-refractivity contribution in [2.24, 2.45) is 34.5 Å². The van der Waals surface area contributed by atoms with Gasteiger partial charge < -0.3 is 9.47 Å². The highest BCUT2D eigenvalue weighted by Gasteiger charge is 2.63. The molecule has 0 aromatic heterocycles. The van der Waals surface area contributed by atoms with Gasteiger partial charge in [-0.05, 0) is 133 Å². The van der Waals surface area contributed by atoms with Crippen molar-refractivity contribution in [3.05, 3.63) is 0 Å². The summed E-state index contributed by atoms with van der Waals surface area (Å²) in [6.45, 7) is 0. The Labute approximate surface area is 190 Å². The van der Waals surface area contributed by atoms with Crippen LogP contribution in [0.1, 0.15) is 109 Å². The van der Waals surface area contributed by atoms with Crippen LogP contribution in [0.2, 0.25) is 0 Å². The standard InChI is InChI=1S/C28H46O3/c1-30-24-7-3-20(4-8-24)22-11-15-27(16-12-22)19-28(26(27)29)17-13-23(14-18-28)21-5-9-25(31-2)10-6-21/h20-25H,3-19H2,1-2H3/t20-,21-,22?,23?,24-,25-,27?,28?. The van der Waals surface area contributed by atoms with E-state index >= 15 is 0 Å². The molecule has 0 bridgehead atoms. The molecule has 5 aliphatic carbocycles. The van der Waals surface area contributed by atoms with Crippen molar-refractivity contribution in [2.45, 2.75) is 121 Å². The molecule has 0 unspecified atom stereocenters. The van der Waals surface area contributed by atoms with Crippen molar-refractivity contribution in [2.75, 3.05) is 14.2 Å². The van der Waals surface area contributed by atoms with Gasteiger partial charge in [-0.1, -0.05) is 0 Å². The van der Waals surface area contributed by atoms with Gasteiger partial charge >= 0.3 is 0 Å². The van der Waals surface area contributed by atoms with Gasteiger partial charge in [0.2, 0.25) is 0 Å². The van der Waals surface area contributed by atoms with E-state index in [-0.39, 0.29) is 10.8 Å². The van der Waals surface area contributed by atoms with Crippen LogP contribution in [0.25, 0.3) is 0 Å². The van der Waals surface area contributed by atoms with E-state index in [1.165, 1.54) is 109 Å². The summed E-state index contributed by atoms with van der Waals surface area (Å²) in [6.07, 6.45) is 22.7. The van der Waals surface area contributed by atoms with Crippen molar-refractivity contribution in [3.8, 4) is 0 Å². The van der Waals surface area contributed by atoms with Crippen LogP contribution in [0, 0.1) is 34.5 Å². The molecule has 0 atom stereocenters. The second kappa shape index (κ2) is 9.09. The number of methoxy groups -OCH3 is 2. The fourth-order valence-corrected chi connectivity index (χ4v) is 8.99. The molecule has 0 heterocycles. The van der Waals surface area contributed by atoms with Crippen LogP contribution in [0.3, 0.4) is 0 Å². The molecule has 0 radical (unpaired) electrons. The Morgan fingerprint density at radius 3 is 1.16 bits per heavy atom. The summed E-state index contributed by atoms with van der Waals surface area (Å²) in [6, 6.07) is 0. The lowest BCUT2D eigenvalue weighted by molar-refractivity contribution is -0.170. The van der Waals surface area contributed by atoms with Gasteiger partial charge in [0, 0.05) is 25.0 Å². The van der Waals surface area contributed by atoms with Crippen LogP contribution >= 0.6 is 0 Å². The van der Waals surface area contributed by atoms with Gasteiger partial charge in [-0.3, -0.25) is 4.79 Å². The number of hydrogen-bond acceptors (Lipinski definition) is 3. The van der Waals surface area contributed by atoms with E-state index in [9.17, 15) is 4.79 Å². The van der Waals surface area contributed by atoms with Crippen LogP contribution in [0.15, 0.2) is 0 Å². The highest BCUT2D eigenvalue weighted by Crippen LogP contribution is 2.65. The molecule has 0 aromatic carbocycles. The Bertz CT molecular complexity index is 558. The Balaban J connectivity index is 1.09. The quantitative estimate of drug-likeness (QED) is 0.496. The highest BCUT2D eigenvalue weighted by atomic mass is 16.5. The zero-order valence-corrected chi connectivity index (χ0v) is 20.2. The lowest BCUT2D eigenvalue weighted by Crippen LogP contribution is -2.60. The first-order valence-corrected chi connectivity index (χ1v) is 13.7. The second-order valence-electron chi connectivity index (χ2n) is 12.3. The summed E-state index contributed by atoms with van der Waals surface area (Å²) in [4.78, 5) is 13.6. The zero-order valence-electron chi connectivity index (χ0n) is 20.2. The third-order valence-corrected chi connectivity index (χ3v) is 11.1. The molecular formula is C28H46O3. The highest BCUT2D eigenvalue weighted by molar-refractivity contribution is 5.96. The minimum atomic E-state index is 0.101. The summed E-state index contributed by atoms with van der Waals surface area (Å²) in [5, 5.41) is 0. The molecule has 0 aliphatic heterocycles. The summed E-state index contributed by atoms with van der Waals surface area (Å²) < 4.78 is 11.1. The molecule has 0 N–H and O–H groups in total. The average molecular weight is 431 g/mol. The number of carbonyl (C=O) groups is 1. The number of ether oxygens (including phenoxy) is 2. The third-order valence-electron chi connectivity index (χ3n) is 11.1. The monoisotopic (exact) mass is 430 g/mol. The van der Waals surface area contributed by atoms with Gasteiger partial charge in [-0.15, -0.1) is 0 Å². The maximum atomic E-state index is 13.6. The zero-order chi connectivity index (χ0) is 21.5. The smallest absolute Gasteiger partial charge is 0.145 e. The predicted molar refractivity (Wildman–Crippen MR) is 124 cm³/mol. The lowest BCUT2D eigenvalue weighted by atomic mass is 9.42. The van der Waals surface area contributed by atoms with Crippen LogP contribution in [0.4, 0.5) is 0 Å². The summed E-state index contributed by atoms with van der Waals surface area (Å²) in [7, 11) is 3.74. The van der Waals surface area contributed by atoms with Gasteiger partial charge in [-0.25, -0.2) is 0 Å². The fourth-order valence-electron chi connectivity index (χ4n) is 8.99. The van der Waals surface area contributed by atoms with E-state index in [1.807, 2.05) is 14.2 Å². The Kier molecular flexibility index (Phi) is 6.56. The SMILES string of the molecule is CO[C@H]1CC[C@H](C2CCC3(CC2)CC2(CCC([C@H]4CC[C@H](OC)CC4)CC2)C3=O)CC1. The largest absolute Gasteiger partial charge is 0.381 e. The van der Waals surface area contributed by atoms with Gasteiger partial charge in [-0.2, -0.15) is 0 Å². The molecule has 5 rings (SSSR count). The van der Waals surface area contributed by atoms with E-state index in [0.29, 0.717) is 18.0 Å². The van der Waals surface area contributed by atoms with Crippen LogP contribution in [-0.4, -0.2) is 32.2 Å². The van der Waals surface area contributed by atoms with Crippen LogP contribution in [-0.2, 0) is 14.3 Å². The first kappa shape index (κ1) is 22.4. The topological polar surface area (TPSA) is 35.5 Å². The number of ketones is 1. The minimum absolute atomic E-state index is 0.101. The van der Waals surface area contributed by atoms with E-state index < -0.39 is 0 Å². The van der Waals surface area contributed by atoms with Gasteiger partial charge in [0.05, 0.1) is 12.2 Å². The molecule has 176 valence electrons. The number of hydrogen-bond donors (Lipinski definition) is 0. The first-order valence-electron chi connectivity index (χ1n) is 13.7. The van der Waals surface area contributed by atoms with Crippen molar-refractivity contribution < 1.29 is 14.3 Å². The number of Topliss-reactive ketones (excluding diaryl/α,β-unsaturated/α-hetero) is 1. The van der Waals surface area contributed by atoms with Crippen molar-refractivity contribution in [3.63, 3.8) is 0 Å². The maximum absolute atomic E-state index is 13.6. The van der Waals surface area contributed by atoms with E-state index in [1.54, 1.807) is 0 Å². The molecule has 0 amide bonds. The Morgan fingerprint density at radius 1 is 0.548 bits per heavy atom. The average Bonchev–Trinajstić information content (AvgIpc) is 2.85. The van der Waals surface area contributed by atoms with E-state index in [4.69, 9.17) is 9.47 Å². The minimum Gasteiger partial charge on any atom is -0.381 e. The molecular weight excluding hydrogens is 384 g/mol. The van der Waals surface area contributed by atoms with Crippen molar-refractivity contribution in [1.82, 2.24) is 0 Å². The third kappa shape index (κ3) is 4.16. The molecule has 0 aromatic rings. The molecule has 3 nitrogen and oxygen atoms in total. The Morgan fingerprint density at radius 2 is 0.871 bits per heavy atom. The lowest BCUT2D eigenvalue weighted by Gasteiger charge is -2.60. The van der Waals surface area contributed by atoms with Gasteiger partial charge in [0.1, 0.15) is 5.78 Å². The molecule has 0 saturated heterocycles. The molecule has 31 heavy (non-hydrogen) atoms. The molecule has 5 fully saturated rings. The Hall–Kier alpha value is -0.410. The number of carbonyl (C=O) groups excluding carboxylic acids is 1. The van der Waals surface area contributed by atoms with Crippen molar-refractivity contribution >= 4 is 5.78 Å². The van der Waals surface area contributed by atoms with Gasteiger partial charge in [0.25, 0.3) is 0 Å². The molecule has 5 aliphatic rings. The second-order valence-corrected chi connectivity index (χ2v) is 12.3. The fraction of sp³-hybridized carbons (Fsp3) is 0.964. The van der Waals surface area contributed by atoms with Crippen LogP contribution < -0.4 is 0 Å².